The highest BCUT2D eigenvalue weighted by molar-refractivity contribution is 5.92. The van der Waals surface area contributed by atoms with E-state index in [0.717, 1.165) is 26.2 Å². The zero-order valence-corrected chi connectivity index (χ0v) is 16.6. The maximum Gasteiger partial charge on any atom is 0.238 e. The maximum absolute atomic E-state index is 13.2. The molecule has 3 rings (SSSR count). The van der Waals surface area contributed by atoms with E-state index in [1.807, 2.05) is 18.7 Å². The lowest BCUT2D eigenvalue weighted by atomic mass is 10.2. The van der Waals surface area contributed by atoms with Gasteiger partial charge in [0.1, 0.15) is 5.82 Å². The number of morpholine rings is 1. The predicted molar refractivity (Wildman–Crippen MR) is 104 cm³/mol. The van der Waals surface area contributed by atoms with Crippen molar-refractivity contribution in [2.75, 3.05) is 57.7 Å². The van der Waals surface area contributed by atoms with Crippen LogP contribution in [0.3, 0.4) is 0 Å². The Balaban J connectivity index is 1.39. The van der Waals surface area contributed by atoms with Crippen molar-refractivity contribution in [1.29, 1.82) is 0 Å². The van der Waals surface area contributed by atoms with Crippen LogP contribution in [0.15, 0.2) is 24.3 Å². The zero-order valence-electron chi connectivity index (χ0n) is 16.6. The standard InChI is InChI=1S/C20H29FN4O3/c1-15-11-25(12-16(2)28-15)20(27)14-24-8-6-23(7-9-24)13-19(26)22-18-5-3-4-17(21)10-18/h3-5,10,15-16H,6-9,11-14H2,1-2H3,(H,22,26)/t15-,16-/m1/s1. The molecule has 0 unspecified atom stereocenters. The van der Waals surface area contributed by atoms with Crippen molar-refractivity contribution < 1.29 is 18.7 Å². The quantitative estimate of drug-likeness (QED) is 0.811. The van der Waals surface area contributed by atoms with Crippen molar-refractivity contribution in [2.45, 2.75) is 26.1 Å². The Morgan fingerprint density at radius 3 is 2.29 bits per heavy atom. The maximum atomic E-state index is 13.2. The van der Waals surface area contributed by atoms with Crippen LogP contribution in [-0.2, 0) is 14.3 Å². The highest BCUT2D eigenvalue weighted by Gasteiger charge is 2.28. The molecule has 1 N–H and O–H groups in total. The van der Waals surface area contributed by atoms with E-state index in [2.05, 4.69) is 15.1 Å². The van der Waals surface area contributed by atoms with E-state index >= 15 is 0 Å². The summed E-state index contributed by atoms with van der Waals surface area (Å²) in [6.07, 6.45) is 0.141. The van der Waals surface area contributed by atoms with Crippen LogP contribution in [0.5, 0.6) is 0 Å². The van der Waals surface area contributed by atoms with E-state index in [0.29, 0.717) is 25.3 Å². The number of amides is 2. The number of nitrogens with one attached hydrogen (secondary N) is 1. The summed E-state index contributed by atoms with van der Waals surface area (Å²) in [5, 5.41) is 2.72. The monoisotopic (exact) mass is 392 g/mol. The third-order valence-electron chi connectivity index (χ3n) is 5.07. The summed E-state index contributed by atoms with van der Waals surface area (Å²) in [7, 11) is 0. The number of anilines is 1. The molecule has 0 saturated carbocycles. The van der Waals surface area contributed by atoms with Gasteiger partial charge in [-0.15, -0.1) is 0 Å². The number of nitrogens with zero attached hydrogens (tertiary/aromatic N) is 3. The number of carbonyl (C=O) groups is 2. The first kappa shape index (κ1) is 20.7. The first-order valence-corrected chi connectivity index (χ1v) is 9.82. The van der Waals surface area contributed by atoms with Gasteiger partial charge in [-0.1, -0.05) is 6.07 Å². The molecule has 154 valence electrons. The molecule has 0 aliphatic carbocycles. The molecule has 2 atom stereocenters. The van der Waals surface area contributed by atoms with Gasteiger partial charge >= 0.3 is 0 Å². The fraction of sp³-hybridized carbons (Fsp3) is 0.600. The summed E-state index contributed by atoms with van der Waals surface area (Å²) in [6.45, 7) is 8.86. The van der Waals surface area contributed by atoms with Crippen molar-refractivity contribution in [3.8, 4) is 0 Å². The highest BCUT2D eigenvalue weighted by atomic mass is 19.1. The molecule has 2 aliphatic rings. The first-order chi connectivity index (χ1) is 13.4. The minimum atomic E-state index is -0.375. The molecule has 8 heteroatoms. The molecule has 2 saturated heterocycles. The third-order valence-corrected chi connectivity index (χ3v) is 5.07. The Bertz CT molecular complexity index is 684. The molecule has 0 bridgehead atoms. The number of hydrogen-bond donors (Lipinski definition) is 1. The van der Waals surface area contributed by atoms with E-state index in [4.69, 9.17) is 4.74 Å². The zero-order chi connectivity index (χ0) is 20.1. The number of ether oxygens (including phenoxy) is 1. The van der Waals surface area contributed by atoms with Gasteiger partial charge in [0.05, 0.1) is 25.3 Å². The van der Waals surface area contributed by atoms with Gasteiger partial charge < -0.3 is 15.0 Å². The van der Waals surface area contributed by atoms with Crippen LogP contribution in [0.4, 0.5) is 10.1 Å². The smallest absolute Gasteiger partial charge is 0.238 e. The molecule has 2 fully saturated rings. The average molecular weight is 392 g/mol. The van der Waals surface area contributed by atoms with Gasteiger partial charge in [0.15, 0.2) is 0 Å². The van der Waals surface area contributed by atoms with E-state index < -0.39 is 0 Å². The Hall–Kier alpha value is -2.03. The molecule has 0 spiro atoms. The van der Waals surface area contributed by atoms with Crippen LogP contribution in [0.2, 0.25) is 0 Å². The second kappa shape index (κ2) is 9.45. The van der Waals surface area contributed by atoms with Gasteiger partial charge in [0, 0.05) is 45.0 Å². The van der Waals surface area contributed by atoms with Gasteiger partial charge in [-0.2, -0.15) is 0 Å². The molecule has 0 radical (unpaired) electrons. The molecule has 28 heavy (non-hydrogen) atoms. The average Bonchev–Trinajstić information content (AvgIpc) is 2.62. The SMILES string of the molecule is C[C@@H]1CN(C(=O)CN2CCN(CC(=O)Nc3cccc(F)c3)CC2)C[C@@H](C)O1. The molecule has 1 aromatic rings. The first-order valence-electron chi connectivity index (χ1n) is 9.82. The van der Waals surface area contributed by atoms with Crippen LogP contribution >= 0.6 is 0 Å². The molecule has 1 aromatic carbocycles. The van der Waals surface area contributed by atoms with Crippen LogP contribution in [0.1, 0.15) is 13.8 Å². The normalized spacial score (nSPS) is 24.2. The van der Waals surface area contributed by atoms with Crippen LogP contribution in [0.25, 0.3) is 0 Å². The number of piperazine rings is 1. The van der Waals surface area contributed by atoms with Crippen molar-refractivity contribution in [3.63, 3.8) is 0 Å². The van der Waals surface area contributed by atoms with Gasteiger partial charge in [-0.25, -0.2) is 4.39 Å². The fourth-order valence-corrected chi connectivity index (χ4v) is 3.75. The van der Waals surface area contributed by atoms with Crippen molar-refractivity contribution in [1.82, 2.24) is 14.7 Å². The highest BCUT2D eigenvalue weighted by Crippen LogP contribution is 2.12. The molecule has 2 heterocycles. The van der Waals surface area contributed by atoms with E-state index in [1.165, 1.54) is 12.1 Å². The van der Waals surface area contributed by atoms with Crippen LogP contribution in [-0.4, -0.2) is 91.1 Å². The van der Waals surface area contributed by atoms with E-state index in [-0.39, 0.29) is 36.4 Å². The number of carbonyl (C=O) groups excluding carboxylic acids is 2. The summed E-state index contributed by atoms with van der Waals surface area (Å²) < 4.78 is 18.9. The summed E-state index contributed by atoms with van der Waals surface area (Å²) >= 11 is 0. The van der Waals surface area contributed by atoms with E-state index in [1.54, 1.807) is 12.1 Å². The van der Waals surface area contributed by atoms with Gasteiger partial charge in [-0.3, -0.25) is 19.4 Å². The Labute approximate surface area is 165 Å². The topological polar surface area (TPSA) is 65.1 Å². The van der Waals surface area contributed by atoms with Crippen molar-refractivity contribution in [2.24, 2.45) is 0 Å². The Kier molecular flexibility index (Phi) is 6.98. The van der Waals surface area contributed by atoms with Gasteiger partial charge in [0.25, 0.3) is 0 Å². The van der Waals surface area contributed by atoms with Gasteiger partial charge in [-0.05, 0) is 32.0 Å². The number of rotatable bonds is 5. The summed E-state index contributed by atoms with van der Waals surface area (Å²) in [4.78, 5) is 30.8. The van der Waals surface area contributed by atoms with Crippen molar-refractivity contribution in [3.05, 3.63) is 30.1 Å². The van der Waals surface area contributed by atoms with Crippen LogP contribution < -0.4 is 5.32 Å². The summed E-state index contributed by atoms with van der Waals surface area (Å²) in [6, 6.07) is 5.87. The second-order valence-corrected chi connectivity index (χ2v) is 7.67. The number of hydrogen-bond acceptors (Lipinski definition) is 5. The second-order valence-electron chi connectivity index (χ2n) is 7.67. The fourth-order valence-electron chi connectivity index (χ4n) is 3.75. The van der Waals surface area contributed by atoms with Gasteiger partial charge in [0.2, 0.25) is 11.8 Å². The molecule has 7 nitrogen and oxygen atoms in total. The van der Waals surface area contributed by atoms with Crippen LogP contribution in [0, 0.1) is 5.82 Å². The lowest BCUT2D eigenvalue weighted by Gasteiger charge is -2.38. The molecule has 2 aliphatic heterocycles. The number of halogens is 1. The van der Waals surface area contributed by atoms with Crippen molar-refractivity contribution >= 4 is 17.5 Å². The molecular formula is C20H29FN4O3. The lowest BCUT2D eigenvalue weighted by molar-refractivity contribution is -0.144. The largest absolute Gasteiger partial charge is 0.372 e. The minimum absolute atomic E-state index is 0.0705. The summed E-state index contributed by atoms with van der Waals surface area (Å²) in [5.74, 6) is -0.397. The third kappa shape index (κ3) is 5.98. The minimum Gasteiger partial charge on any atom is -0.372 e. The number of benzene rings is 1. The molecular weight excluding hydrogens is 363 g/mol. The predicted octanol–water partition coefficient (Wildman–Crippen LogP) is 1.02. The molecule has 0 aromatic heterocycles. The lowest BCUT2D eigenvalue weighted by Crippen LogP contribution is -2.54. The Morgan fingerprint density at radius 1 is 1.07 bits per heavy atom. The van der Waals surface area contributed by atoms with E-state index in [9.17, 15) is 14.0 Å². The summed E-state index contributed by atoms with van der Waals surface area (Å²) in [5.41, 5.74) is 0.461. The molecule has 2 amide bonds. The Morgan fingerprint density at radius 2 is 1.68 bits per heavy atom.